The van der Waals surface area contributed by atoms with Gasteiger partial charge in [0.1, 0.15) is 0 Å². The molecule has 0 heterocycles. The molecule has 0 saturated heterocycles. The van der Waals surface area contributed by atoms with Gasteiger partial charge in [0.05, 0.1) is 7.11 Å². The summed E-state index contributed by atoms with van der Waals surface area (Å²) in [6, 6.07) is 11.7. The highest BCUT2D eigenvalue weighted by molar-refractivity contribution is 9.10. The number of ether oxygens (including phenoxy) is 1. The highest BCUT2D eigenvalue weighted by atomic mass is 79.9. The number of Topliss-reactive ketones (excluding diaryl/α,β-unsaturated/α-hetero) is 1. The fraction of sp³-hybridized carbons (Fsp3) is 0.133. The first-order chi connectivity index (χ1) is 9.10. The number of methoxy groups -OCH3 is 1. The van der Waals surface area contributed by atoms with Crippen molar-refractivity contribution in [3.63, 3.8) is 0 Å². The molecule has 0 saturated carbocycles. The molecule has 2 nitrogen and oxygen atoms in total. The van der Waals surface area contributed by atoms with Crippen LogP contribution in [0.4, 0.5) is 4.39 Å². The zero-order valence-electron chi connectivity index (χ0n) is 10.3. The molecule has 2 rings (SSSR count). The van der Waals surface area contributed by atoms with Gasteiger partial charge >= 0.3 is 0 Å². The predicted molar refractivity (Wildman–Crippen MR) is 75.1 cm³/mol. The number of rotatable bonds is 4. The van der Waals surface area contributed by atoms with E-state index < -0.39 is 5.82 Å². The van der Waals surface area contributed by atoms with Crippen molar-refractivity contribution < 1.29 is 13.9 Å². The van der Waals surface area contributed by atoms with Gasteiger partial charge < -0.3 is 4.74 Å². The highest BCUT2D eigenvalue weighted by Crippen LogP contribution is 2.19. The van der Waals surface area contributed by atoms with Gasteiger partial charge in [0.25, 0.3) is 0 Å². The molecular weight excluding hydrogens is 311 g/mol. The average Bonchev–Trinajstić information content (AvgIpc) is 2.38. The zero-order valence-corrected chi connectivity index (χ0v) is 11.9. The third-order valence-corrected chi connectivity index (χ3v) is 3.22. The third kappa shape index (κ3) is 3.41. The second-order valence-electron chi connectivity index (χ2n) is 4.08. The van der Waals surface area contributed by atoms with Gasteiger partial charge in [-0.25, -0.2) is 4.39 Å². The normalized spacial score (nSPS) is 10.3. The largest absolute Gasteiger partial charge is 0.494 e. The molecular formula is C15H12BrFO2. The van der Waals surface area contributed by atoms with E-state index in [2.05, 4.69) is 15.9 Å². The van der Waals surface area contributed by atoms with E-state index in [1.807, 2.05) is 24.3 Å². The Hall–Kier alpha value is -1.68. The first-order valence-corrected chi connectivity index (χ1v) is 6.50. The van der Waals surface area contributed by atoms with Crippen LogP contribution in [0.25, 0.3) is 0 Å². The van der Waals surface area contributed by atoms with Crippen molar-refractivity contribution in [1.29, 1.82) is 0 Å². The van der Waals surface area contributed by atoms with E-state index in [4.69, 9.17) is 4.74 Å². The topological polar surface area (TPSA) is 26.3 Å². The molecule has 98 valence electrons. The molecule has 0 fully saturated rings. The SMILES string of the molecule is COc1ccc(C(=O)Cc2cccc(Br)c2)cc1F. The molecule has 0 N–H and O–H groups in total. The molecule has 0 aliphatic heterocycles. The summed E-state index contributed by atoms with van der Waals surface area (Å²) in [4.78, 5) is 12.1. The summed E-state index contributed by atoms with van der Waals surface area (Å²) in [5, 5.41) is 0. The van der Waals surface area contributed by atoms with Gasteiger partial charge in [0.2, 0.25) is 0 Å². The summed E-state index contributed by atoms with van der Waals surface area (Å²) in [6.07, 6.45) is 0.241. The molecule has 2 aromatic carbocycles. The van der Waals surface area contributed by atoms with Gasteiger partial charge in [-0.05, 0) is 35.9 Å². The quantitative estimate of drug-likeness (QED) is 0.795. The zero-order chi connectivity index (χ0) is 13.8. The lowest BCUT2D eigenvalue weighted by Gasteiger charge is -2.05. The maximum Gasteiger partial charge on any atom is 0.167 e. The Morgan fingerprint density at radius 2 is 2.05 bits per heavy atom. The van der Waals surface area contributed by atoms with Crippen LogP contribution in [0.3, 0.4) is 0 Å². The molecule has 0 atom stereocenters. The van der Waals surface area contributed by atoms with Crippen LogP contribution in [0.1, 0.15) is 15.9 Å². The summed E-state index contributed by atoms with van der Waals surface area (Å²) < 4.78 is 19.3. The van der Waals surface area contributed by atoms with Crippen LogP contribution in [-0.4, -0.2) is 12.9 Å². The summed E-state index contributed by atoms with van der Waals surface area (Å²) in [5.41, 5.74) is 1.23. The molecule has 0 aliphatic rings. The lowest BCUT2D eigenvalue weighted by molar-refractivity contribution is 0.0992. The summed E-state index contributed by atoms with van der Waals surface area (Å²) in [5.74, 6) is -0.513. The molecule has 0 aliphatic carbocycles. The van der Waals surface area contributed by atoms with Crippen LogP contribution >= 0.6 is 15.9 Å². The standard InChI is InChI=1S/C15H12BrFO2/c1-19-15-6-5-11(9-13(15)17)14(18)8-10-3-2-4-12(16)7-10/h2-7,9H,8H2,1H3. The maximum atomic E-state index is 13.5. The molecule has 19 heavy (non-hydrogen) atoms. The van der Waals surface area contributed by atoms with Gasteiger partial charge in [0, 0.05) is 16.5 Å². The summed E-state index contributed by atoms with van der Waals surface area (Å²) in [6.45, 7) is 0. The second-order valence-corrected chi connectivity index (χ2v) is 4.99. The fourth-order valence-corrected chi connectivity index (χ4v) is 2.22. The third-order valence-electron chi connectivity index (χ3n) is 2.73. The monoisotopic (exact) mass is 322 g/mol. The molecule has 0 amide bonds. The molecule has 0 unspecified atom stereocenters. The van der Waals surface area contributed by atoms with Crippen LogP contribution in [0.15, 0.2) is 46.9 Å². The summed E-state index contributed by atoms with van der Waals surface area (Å²) in [7, 11) is 1.39. The van der Waals surface area contributed by atoms with Crippen LogP contribution in [-0.2, 0) is 6.42 Å². The number of hydrogen-bond acceptors (Lipinski definition) is 2. The van der Waals surface area contributed by atoms with Crippen LogP contribution in [0.2, 0.25) is 0 Å². The number of hydrogen-bond donors (Lipinski definition) is 0. The Labute approximate surface area is 119 Å². The number of ketones is 1. The smallest absolute Gasteiger partial charge is 0.167 e. The van der Waals surface area contributed by atoms with Crippen molar-refractivity contribution in [2.24, 2.45) is 0 Å². The Morgan fingerprint density at radius 1 is 1.26 bits per heavy atom. The van der Waals surface area contributed by atoms with Crippen molar-refractivity contribution in [1.82, 2.24) is 0 Å². The minimum Gasteiger partial charge on any atom is -0.494 e. The fourth-order valence-electron chi connectivity index (χ4n) is 1.77. The van der Waals surface area contributed by atoms with E-state index in [1.54, 1.807) is 6.07 Å². The van der Waals surface area contributed by atoms with Gasteiger partial charge in [-0.1, -0.05) is 28.1 Å². The molecule has 2 aromatic rings. The molecule has 0 radical (unpaired) electrons. The van der Waals surface area contributed by atoms with Crippen LogP contribution in [0, 0.1) is 5.82 Å². The second kappa shape index (κ2) is 5.97. The molecule has 4 heteroatoms. The number of carbonyl (C=O) groups is 1. The van der Waals surface area contributed by atoms with Crippen molar-refractivity contribution >= 4 is 21.7 Å². The average molecular weight is 323 g/mol. The van der Waals surface area contributed by atoms with Gasteiger partial charge in [-0.15, -0.1) is 0 Å². The van der Waals surface area contributed by atoms with Crippen molar-refractivity contribution in [3.8, 4) is 5.75 Å². The Morgan fingerprint density at radius 3 is 2.68 bits per heavy atom. The maximum absolute atomic E-state index is 13.5. The van der Waals surface area contributed by atoms with Crippen LogP contribution in [0.5, 0.6) is 5.75 Å². The number of carbonyl (C=O) groups excluding carboxylic acids is 1. The molecule has 0 spiro atoms. The predicted octanol–water partition coefficient (Wildman–Crippen LogP) is 4.02. The first kappa shape index (κ1) is 13.7. The van der Waals surface area contributed by atoms with E-state index in [9.17, 15) is 9.18 Å². The number of benzene rings is 2. The van der Waals surface area contributed by atoms with E-state index in [-0.39, 0.29) is 18.0 Å². The lowest BCUT2D eigenvalue weighted by atomic mass is 10.0. The van der Waals surface area contributed by atoms with Crippen molar-refractivity contribution in [3.05, 3.63) is 63.9 Å². The Bertz CT molecular complexity index is 611. The van der Waals surface area contributed by atoms with Crippen molar-refractivity contribution in [2.75, 3.05) is 7.11 Å². The van der Waals surface area contributed by atoms with Crippen molar-refractivity contribution in [2.45, 2.75) is 6.42 Å². The molecule has 0 bridgehead atoms. The van der Waals surface area contributed by atoms with E-state index in [1.165, 1.54) is 19.2 Å². The lowest BCUT2D eigenvalue weighted by Crippen LogP contribution is -2.04. The van der Waals surface area contributed by atoms with Gasteiger partial charge in [-0.3, -0.25) is 4.79 Å². The van der Waals surface area contributed by atoms with E-state index >= 15 is 0 Å². The Kier molecular flexibility index (Phi) is 4.32. The number of halogens is 2. The van der Waals surface area contributed by atoms with Gasteiger partial charge in [-0.2, -0.15) is 0 Å². The minimum atomic E-state index is -0.525. The minimum absolute atomic E-state index is 0.125. The van der Waals surface area contributed by atoms with Crippen LogP contribution < -0.4 is 4.74 Å². The Balaban J connectivity index is 2.18. The van der Waals surface area contributed by atoms with Gasteiger partial charge in [0.15, 0.2) is 17.3 Å². The van der Waals surface area contributed by atoms with E-state index in [0.717, 1.165) is 10.0 Å². The highest BCUT2D eigenvalue weighted by Gasteiger charge is 2.11. The van der Waals surface area contributed by atoms with E-state index in [0.29, 0.717) is 5.56 Å². The first-order valence-electron chi connectivity index (χ1n) is 5.71. The molecule has 0 aromatic heterocycles. The summed E-state index contributed by atoms with van der Waals surface area (Å²) >= 11 is 3.35.